The van der Waals surface area contributed by atoms with Crippen molar-refractivity contribution < 1.29 is 0 Å². The van der Waals surface area contributed by atoms with Crippen molar-refractivity contribution in [1.82, 2.24) is 9.80 Å². The van der Waals surface area contributed by atoms with Gasteiger partial charge in [-0.2, -0.15) is 0 Å². The van der Waals surface area contributed by atoms with Gasteiger partial charge < -0.3 is 10.6 Å². The Balaban J connectivity index is 1.58. The molecular weight excluding hydrogens is 246 g/mol. The van der Waals surface area contributed by atoms with E-state index < -0.39 is 0 Å². The number of piperidine rings is 1. The van der Waals surface area contributed by atoms with Crippen LogP contribution in [0.2, 0.25) is 0 Å². The molecule has 2 aliphatic rings. The minimum Gasteiger partial charge on any atom is -0.329 e. The fourth-order valence-electron chi connectivity index (χ4n) is 3.41. The molecular formula is C17H27N3. The number of nitrogens with two attached hydrogens (primary N) is 1. The van der Waals surface area contributed by atoms with Gasteiger partial charge in [-0.05, 0) is 44.3 Å². The van der Waals surface area contributed by atoms with Gasteiger partial charge in [-0.3, -0.25) is 4.90 Å². The lowest BCUT2D eigenvalue weighted by Gasteiger charge is -2.38. The third kappa shape index (κ3) is 3.60. The summed E-state index contributed by atoms with van der Waals surface area (Å²) >= 11 is 0. The molecule has 2 fully saturated rings. The lowest BCUT2D eigenvalue weighted by molar-refractivity contribution is 0.0975. The highest BCUT2D eigenvalue weighted by Crippen LogP contribution is 2.33. The average molecular weight is 273 g/mol. The summed E-state index contributed by atoms with van der Waals surface area (Å²) in [5, 5.41) is 0. The highest BCUT2D eigenvalue weighted by molar-refractivity contribution is 5.15. The van der Waals surface area contributed by atoms with Crippen molar-refractivity contribution in [2.24, 2.45) is 5.73 Å². The molecule has 2 N–H and O–H groups in total. The van der Waals surface area contributed by atoms with Crippen LogP contribution in [-0.2, 0) is 6.54 Å². The van der Waals surface area contributed by atoms with Crippen LogP contribution >= 0.6 is 0 Å². The Kier molecular flexibility index (Phi) is 4.71. The van der Waals surface area contributed by atoms with Crippen LogP contribution in [0.3, 0.4) is 0 Å². The molecule has 0 amide bonds. The Hall–Kier alpha value is -0.900. The molecule has 0 spiro atoms. The quantitative estimate of drug-likeness (QED) is 0.861. The van der Waals surface area contributed by atoms with Gasteiger partial charge in [0.1, 0.15) is 0 Å². The zero-order chi connectivity index (χ0) is 13.8. The predicted octanol–water partition coefficient (Wildman–Crippen LogP) is 2.07. The van der Waals surface area contributed by atoms with Crippen LogP contribution < -0.4 is 5.73 Å². The van der Waals surface area contributed by atoms with E-state index in [0.717, 1.165) is 31.7 Å². The highest BCUT2D eigenvalue weighted by Gasteiger charge is 2.35. The summed E-state index contributed by atoms with van der Waals surface area (Å²) in [6.07, 6.45) is 5.42. The van der Waals surface area contributed by atoms with Crippen molar-refractivity contribution >= 4 is 0 Å². The third-order valence-corrected chi connectivity index (χ3v) is 4.70. The van der Waals surface area contributed by atoms with Crippen molar-refractivity contribution in [2.45, 2.75) is 44.3 Å². The van der Waals surface area contributed by atoms with Gasteiger partial charge in [0.25, 0.3) is 0 Å². The lowest BCUT2D eigenvalue weighted by atomic mass is 10.0. The Morgan fingerprint density at radius 2 is 1.65 bits per heavy atom. The van der Waals surface area contributed by atoms with Gasteiger partial charge in [-0.25, -0.2) is 0 Å². The molecule has 0 radical (unpaired) electrons. The molecule has 0 aromatic heterocycles. The number of nitrogens with zero attached hydrogens (tertiary/aromatic N) is 2. The van der Waals surface area contributed by atoms with E-state index in [9.17, 15) is 0 Å². The number of likely N-dealkylation sites (tertiary alicyclic amines) is 1. The summed E-state index contributed by atoms with van der Waals surface area (Å²) in [6, 6.07) is 12.6. The van der Waals surface area contributed by atoms with Gasteiger partial charge in [0.2, 0.25) is 0 Å². The summed E-state index contributed by atoms with van der Waals surface area (Å²) in [7, 11) is 0. The number of hydrogen-bond acceptors (Lipinski definition) is 3. The molecule has 1 saturated heterocycles. The second-order valence-corrected chi connectivity index (χ2v) is 6.25. The fraction of sp³-hybridized carbons (Fsp3) is 0.647. The number of rotatable bonds is 6. The van der Waals surface area contributed by atoms with Crippen molar-refractivity contribution in [3.8, 4) is 0 Å². The van der Waals surface area contributed by atoms with Gasteiger partial charge >= 0.3 is 0 Å². The van der Waals surface area contributed by atoms with Crippen LogP contribution in [-0.4, -0.2) is 48.1 Å². The van der Waals surface area contributed by atoms with Crippen molar-refractivity contribution in [3.63, 3.8) is 0 Å². The van der Waals surface area contributed by atoms with Crippen molar-refractivity contribution in [3.05, 3.63) is 35.9 Å². The van der Waals surface area contributed by atoms with E-state index in [4.69, 9.17) is 5.73 Å². The van der Waals surface area contributed by atoms with Crippen LogP contribution in [0.1, 0.15) is 31.2 Å². The van der Waals surface area contributed by atoms with Gasteiger partial charge in [0.05, 0.1) is 0 Å². The van der Waals surface area contributed by atoms with E-state index in [0.29, 0.717) is 0 Å². The van der Waals surface area contributed by atoms with Crippen molar-refractivity contribution in [2.75, 3.05) is 26.2 Å². The maximum atomic E-state index is 5.66. The zero-order valence-electron chi connectivity index (χ0n) is 12.4. The van der Waals surface area contributed by atoms with Gasteiger partial charge in [0, 0.05) is 31.7 Å². The first kappa shape index (κ1) is 14.1. The summed E-state index contributed by atoms with van der Waals surface area (Å²) in [4.78, 5) is 5.29. The molecule has 0 bridgehead atoms. The fourth-order valence-corrected chi connectivity index (χ4v) is 3.41. The second-order valence-electron chi connectivity index (χ2n) is 6.25. The van der Waals surface area contributed by atoms with E-state index >= 15 is 0 Å². The molecule has 3 rings (SSSR count). The first-order chi connectivity index (χ1) is 9.86. The standard InChI is InChI=1S/C17H27N3/c18-10-13-19-11-8-17(9-12-19)20(16-6-7-16)14-15-4-2-1-3-5-15/h1-5,16-17H,6-14,18H2. The van der Waals surface area contributed by atoms with E-state index in [-0.39, 0.29) is 0 Å². The molecule has 0 unspecified atom stereocenters. The largest absolute Gasteiger partial charge is 0.329 e. The second kappa shape index (κ2) is 6.70. The molecule has 3 nitrogen and oxygen atoms in total. The molecule has 1 aromatic carbocycles. The molecule has 110 valence electrons. The number of hydrogen-bond donors (Lipinski definition) is 1. The predicted molar refractivity (Wildman–Crippen MR) is 83.5 cm³/mol. The average Bonchev–Trinajstić information content (AvgIpc) is 3.32. The van der Waals surface area contributed by atoms with E-state index in [2.05, 4.69) is 40.1 Å². The zero-order valence-corrected chi connectivity index (χ0v) is 12.4. The first-order valence-electron chi connectivity index (χ1n) is 8.09. The summed E-state index contributed by atoms with van der Waals surface area (Å²) < 4.78 is 0. The topological polar surface area (TPSA) is 32.5 Å². The minimum atomic E-state index is 0.775. The molecule has 20 heavy (non-hydrogen) atoms. The van der Waals surface area contributed by atoms with Crippen LogP contribution in [0.4, 0.5) is 0 Å². The van der Waals surface area contributed by atoms with Crippen LogP contribution in [0.5, 0.6) is 0 Å². The lowest BCUT2D eigenvalue weighted by Crippen LogP contribution is -2.46. The number of benzene rings is 1. The molecule has 1 heterocycles. The molecule has 1 saturated carbocycles. The van der Waals surface area contributed by atoms with Gasteiger partial charge in [0.15, 0.2) is 0 Å². The van der Waals surface area contributed by atoms with Crippen LogP contribution in [0.25, 0.3) is 0 Å². The summed E-state index contributed by atoms with van der Waals surface area (Å²) in [5.41, 5.74) is 7.12. The smallest absolute Gasteiger partial charge is 0.0239 e. The first-order valence-corrected chi connectivity index (χ1v) is 8.09. The van der Waals surface area contributed by atoms with E-state index in [1.807, 2.05) is 0 Å². The maximum Gasteiger partial charge on any atom is 0.0239 e. The Bertz CT molecular complexity index is 394. The van der Waals surface area contributed by atoms with Crippen molar-refractivity contribution in [1.29, 1.82) is 0 Å². The van der Waals surface area contributed by atoms with E-state index in [1.54, 1.807) is 0 Å². The summed E-state index contributed by atoms with van der Waals surface area (Å²) in [5.74, 6) is 0. The van der Waals surface area contributed by atoms with Gasteiger partial charge in [-0.1, -0.05) is 30.3 Å². The van der Waals surface area contributed by atoms with Crippen LogP contribution in [0.15, 0.2) is 30.3 Å². The normalized spacial score (nSPS) is 21.5. The Morgan fingerprint density at radius 1 is 1.00 bits per heavy atom. The molecule has 1 aliphatic heterocycles. The Labute approximate surface area is 122 Å². The maximum absolute atomic E-state index is 5.66. The Morgan fingerprint density at radius 3 is 2.25 bits per heavy atom. The molecule has 1 aromatic rings. The minimum absolute atomic E-state index is 0.775. The van der Waals surface area contributed by atoms with Crippen LogP contribution in [0, 0.1) is 0 Å². The molecule has 0 atom stereocenters. The highest BCUT2D eigenvalue weighted by atomic mass is 15.2. The SMILES string of the molecule is NCCN1CCC(N(Cc2ccccc2)C2CC2)CC1. The monoisotopic (exact) mass is 273 g/mol. The third-order valence-electron chi connectivity index (χ3n) is 4.70. The summed E-state index contributed by atoms with van der Waals surface area (Å²) in [6.45, 7) is 5.43. The molecule has 3 heteroatoms. The van der Waals surface area contributed by atoms with Gasteiger partial charge in [-0.15, -0.1) is 0 Å². The molecule has 1 aliphatic carbocycles. The van der Waals surface area contributed by atoms with E-state index in [1.165, 1.54) is 44.3 Å².